The molecule has 0 atom stereocenters. The van der Waals surface area contributed by atoms with Gasteiger partial charge in [-0.25, -0.2) is 4.79 Å². The molecule has 0 aromatic heterocycles. The van der Waals surface area contributed by atoms with Crippen molar-refractivity contribution in [3.63, 3.8) is 0 Å². The summed E-state index contributed by atoms with van der Waals surface area (Å²) in [4.78, 5) is 35.8. The Bertz CT molecular complexity index is 382. The molecule has 1 aliphatic heterocycles. The minimum absolute atomic E-state index is 0.204. The van der Waals surface area contributed by atoms with E-state index in [4.69, 9.17) is 4.74 Å². The quantitative estimate of drug-likeness (QED) is 0.379. The van der Waals surface area contributed by atoms with Crippen LogP contribution >= 0.6 is 0 Å². The van der Waals surface area contributed by atoms with E-state index < -0.39 is 5.54 Å². The second-order valence-corrected chi connectivity index (χ2v) is 5.17. The molecule has 0 spiro atoms. The number of ether oxygens (including phenoxy) is 1. The SMILES string of the molecule is CCOC(=O)CCCNCCN1C(=O)NC(C)(C)C1=O. The lowest BCUT2D eigenvalue weighted by molar-refractivity contribution is -0.143. The van der Waals surface area contributed by atoms with Crippen molar-refractivity contribution in [1.29, 1.82) is 0 Å². The molecule has 1 rings (SSSR count). The van der Waals surface area contributed by atoms with Gasteiger partial charge < -0.3 is 15.4 Å². The molecule has 0 unspecified atom stereocenters. The third kappa shape index (κ3) is 4.48. The highest BCUT2D eigenvalue weighted by Gasteiger charge is 2.43. The summed E-state index contributed by atoms with van der Waals surface area (Å²) < 4.78 is 4.81. The van der Waals surface area contributed by atoms with Crippen molar-refractivity contribution in [2.45, 2.75) is 39.2 Å². The summed E-state index contributed by atoms with van der Waals surface area (Å²) in [7, 11) is 0. The number of nitrogens with zero attached hydrogens (tertiary/aromatic N) is 1. The third-order valence-corrected chi connectivity index (χ3v) is 3.00. The van der Waals surface area contributed by atoms with Gasteiger partial charge >= 0.3 is 12.0 Å². The number of hydrogen-bond acceptors (Lipinski definition) is 5. The Balaban J connectivity index is 2.15. The van der Waals surface area contributed by atoms with Crippen LogP contribution < -0.4 is 10.6 Å². The molecule has 1 heterocycles. The van der Waals surface area contributed by atoms with Crippen LogP contribution in [0.1, 0.15) is 33.6 Å². The van der Waals surface area contributed by atoms with Crippen molar-refractivity contribution in [1.82, 2.24) is 15.5 Å². The van der Waals surface area contributed by atoms with Crippen molar-refractivity contribution < 1.29 is 19.1 Å². The molecule has 0 aromatic rings. The number of imide groups is 1. The molecule has 1 fully saturated rings. The van der Waals surface area contributed by atoms with Crippen LogP contribution in [0.25, 0.3) is 0 Å². The third-order valence-electron chi connectivity index (χ3n) is 3.00. The largest absolute Gasteiger partial charge is 0.466 e. The molecular formula is C13H23N3O4. The zero-order valence-electron chi connectivity index (χ0n) is 12.3. The lowest BCUT2D eigenvalue weighted by Gasteiger charge is -2.16. The molecular weight excluding hydrogens is 262 g/mol. The summed E-state index contributed by atoms with van der Waals surface area (Å²) in [6.07, 6.45) is 1.04. The molecule has 7 nitrogen and oxygen atoms in total. The maximum absolute atomic E-state index is 11.9. The first-order valence-corrected chi connectivity index (χ1v) is 6.89. The Morgan fingerprint density at radius 1 is 1.35 bits per heavy atom. The fourth-order valence-electron chi connectivity index (χ4n) is 1.93. The highest BCUT2D eigenvalue weighted by Crippen LogP contribution is 2.15. The van der Waals surface area contributed by atoms with Crippen LogP contribution in [0, 0.1) is 0 Å². The van der Waals surface area contributed by atoms with E-state index >= 15 is 0 Å². The molecule has 0 radical (unpaired) electrons. The van der Waals surface area contributed by atoms with Gasteiger partial charge in [-0.15, -0.1) is 0 Å². The Morgan fingerprint density at radius 2 is 2.05 bits per heavy atom. The van der Waals surface area contributed by atoms with Crippen LogP contribution in [0.15, 0.2) is 0 Å². The fraction of sp³-hybridized carbons (Fsp3) is 0.769. The van der Waals surface area contributed by atoms with Gasteiger partial charge in [0.25, 0.3) is 5.91 Å². The molecule has 114 valence electrons. The van der Waals surface area contributed by atoms with Gasteiger partial charge in [0, 0.05) is 19.5 Å². The minimum Gasteiger partial charge on any atom is -0.466 e. The first-order valence-electron chi connectivity index (χ1n) is 6.89. The summed E-state index contributed by atoms with van der Waals surface area (Å²) in [6, 6.07) is -0.353. The zero-order valence-corrected chi connectivity index (χ0v) is 12.3. The Labute approximate surface area is 119 Å². The summed E-state index contributed by atoms with van der Waals surface area (Å²) in [5, 5.41) is 5.72. The average Bonchev–Trinajstić information content (AvgIpc) is 2.55. The van der Waals surface area contributed by atoms with Crippen LogP contribution in [0.3, 0.4) is 0 Å². The van der Waals surface area contributed by atoms with Gasteiger partial charge in [0.15, 0.2) is 0 Å². The topological polar surface area (TPSA) is 87.7 Å². The molecule has 0 saturated carbocycles. The number of esters is 1. The summed E-state index contributed by atoms with van der Waals surface area (Å²) in [5.74, 6) is -0.416. The fourth-order valence-corrected chi connectivity index (χ4v) is 1.93. The van der Waals surface area contributed by atoms with E-state index in [1.54, 1.807) is 20.8 Å². The molecule has 20 heavy (non-hydrogen) atoms. The van der Waals surface area contributed by atoms with Crippen LogP contribution in [0.4, 0.5) is 4.79 Å². The Morgan fingerprint density at radius 3 is 2.60 bits per heavy atom. The van der Waals surface area contributed by atoms with Gasteiger partial charge in [-0.1, -0.05) is 0 Å². The first kappa shape index (κ1) is 16.4. The maximum Gasteiger partial charge on any atom is 0.325 e. The molecule has 3 amide bonds. The minimum atomic E-state index is -0.818. The first-order chi connectivity index (χ1) is 9.38. The van der Waals surface area contributed by atoms with E-state index in [1.165, 1.54) is 4.90 Å². The van der Waals surface area contributed by atoms with Gasteiger partial charge in [0.2, 0.25) is 0 Å². The van der Waals surface area contributed by atoms with Crippen LogP contribution in [0.2, 0.25) is 0 Å². The van der Waals surface area contributed by atoms with E-state index in [1.807, 2.05) is 0 Å². The van der Waals surface area contributed by atoms with E-state index in [0.29, 0.717) is 39.1 Å². The van der Waals surface area contributed by atoms with E-state index in [-0.39, 0.29) is 17.9 Å². The van der Waals surface area contributed by atoms with Crippen LogP contribution in [-0.2, 0) is 14.3 Å². The number of hydrogen-bond donors (Lipinski definition) is 2. The van der Waals surface area contributed by atoms with E-state index in [0.717, 1.165) is 0 Å². The standard InChI is InChI=1S/C13H23N3O4/c1-4-20-10(17)6-5-7-14-8-9-16-11(18)13(2,3)15-12(16)19/h14H,4-9H2,1-3H3,(H,15,19). The van der Waals surface area contributed by atoms with Crippen molar-refractivity contribution in [3.05, 3.63) is 0 Å². The van der Waals surface area contributed by atoms with Crippen molar-refractivity contribution in [2.75, 3.05) is 26.2 Å². The van der Waals surface area contributed by atoms with Crippen LogP contribution in [0.5, 0.6) is 0 Å². The zero-order chi connectivity index (χ0) is 15.2. The number of carbonyl (C=O) groups excluding carboxylic acids is 3. The van der Waals surface area contributed by atoms with Gasteiger partial charge in [0.1, 0.15) is 5.54 Å². The second kappa shape index (κ2) is 7.23. The van der Waals surface area contributed by atoms with Crippen LogP contribution in [-0.4, -0.2) is 54.6 Å². The number of amides is 3. The average molecular weight is 285 g/mol. The van der Waals surface area contributed by atoms with E-state index in [2.05, 4.69) is 10.6 Å². The second-order valence-electron chi connectivity index (χ2n) is 5.17. The molecule has 7 heteroatoms. The molecule has 0 aromatic carbocycles. The smallest absolute Gasteiger partial charge is 0.325 e. The number of nitrogens with one attached hydrogen (secondary N) is 2. The molecule has 1 aliphatic rings. The van der Waals surface area contributed by atoms with Gasteiger partial charge in [-0.3, -0.25) is 14.5 Å². The molecule has 0 bridgehead atoms. The molecule has 2 N–H and O–H groups in total. The summed E-state index contributed by atoms with van der Waals surface area (Å²) in [5.41, 5.74) is -0.818. The highest BCUT2D eigenvalue weighted by atomic mass is 16.5. The summed E-state index contributed by atoms with van der Waals surface area (Å²) in [6.45, 7) is 7.02. The van der Waals surface area contributed by atoms with Crippen molar-refractivity contribution in [2.24, 2.45) is 0 Å². The Kier molecular flexibility index (Phi) is 5.94. The monoisotopic (exact) mass is 285 g/mol. The lowest BCUT2D eigenvalue weighted by Crippen LogP contribution is -2.41. The Hall–Kier alpha value is -1.63. The predicted octanol–water partition coefficient (Wildman–Crippen LogP) is 0.250. The van der Waals surface area contributed by atoms with Gasteiger partial charge in [0.05, 0.1) is 6.61 Å². The van der Waals surface area contributed by atoms with Gasteiger partial charge in [-0.05, 0) is 33.7 Å². The number of carbonyl (C=O) groups is 3. The maximum atomic E-state index is 11.9. The normalized spacial score (nSPS) is 17.2. The molecule has 0 aliphatic carbocycles. The lowest BCUT2D eigenvalue weighted by atomic mass is 10.1. The predicted molar refractivity (Wildman–Crippen MR) is 73.1 cm³/mol. The summed E-state index contributed by atoms with van der Waals surface area (Å²) >= 11 is 0. The van der Waals surface area contributed by atoms with Crippen molar-refractivity contribution in [3.8, 4) is 0 Å². The molecule has 1 saturated heterocycles. The van der Waals surface area contributed by atoms with E-state index in [9.17, 15) is 14.4 Å². The van der Waals surface area contributed by atoms with Crippen molar-refractivity contribution >= 4 is 17.9 Å². The highest BCUT2D eigenvalue weighted by molar-refractivity contribution is 6.06. The number of rotatable bonds is 8. The number of urea groups is 1. The van der Waals surface area contributed by atoms with Gasteiger partial charge in [-0.2, -0.15) is 0 Å².